The van der Waals surface area contributed by atoms with Crippen molar-refractivity contribution in [3.63, 3.8) is 0 Å². The maximum Gasteiger partial charge on any atom is 0.188 e. The van der Waals surface area contributed by atoms with E-state index in [4.69, 9.17) is 15.2 Å². The van der Waals surface area contributed by atoms with Crippen LogP contribution < -0.4 is 20.5 Å². The van der Waals surface area contributed by atoms with E-state index in [0.717, 1.165) is 24.9 Å². The van der Waals surface area contributed by atoms with Crippen LogP contribution in [0.5, 0.6) is 11.5 Å². The summed E-state index contributed by atoms with van der Waals surface area (Å²) in [6.45, 7) is 1.30. The van der Waals surface area contributed by atoms with Crippen molar-refractivity contribution < 1.29 is 9.47 Å². The first kappa shape index (κ1) is 17.7. The number of guanidine groups is 1. The third kappa shape index (κ3) is 5.50. The largest absolute Gasteiger partial charge is 0.493 e. The van der Waals surface area contributed by atoms with Gasteiger partial charge in [-0.3, -0.25) is 0 Å². The van der Waals surface area contributed by atoms with E-state index in [1.165, 1.54) is 5.56 Å². The second-order valence-corrected chi connectivity index (χ2v) is 5.41. The molecule has 0 aliphatic carbocycles. The van der Waals surface area contributed by atoms with Crippen LogP contribution in [0.3, 0.4) is 0 Å². The SMILES string of the molecule is COc1ccc(CN=C(N)NCCCc2ccccc2)cc1OC. The van der Waals surface area contributed by atoms with Crippen LogP contribution in [0, 0.1) is 0 Å². The molecule has 0 saturated carbocycles. The van der Waals surface area contributed by atoms with Crippen LogP contribution in [0.25, 0.3) is 0 Å². The molecule has 24 heavy (non-hydrogen) atoms. The van der Waals surface area contributed by atoms with E-state index >= 15 is 0 Å². The maximum atomic E-state index is 5.91. The molecule has 0 radical (unpaired) electrons. The van der Waals surface area contributed by atoms with Crippen molar-refractivity contribution in [2.24, 2.45) is 10.7 Å². The molecule has 0 amide bonds. The lowest BCUT2D eigenvalue weighted by molar-refractivity contribution is 0.354. The van der Waals surface area contributed by atoms with Crippen molar-refractivity contribution in [3.05, 3.63) is 59.7 Å². The number of aryl methyl sites for hydroxylation is 1. The molecule has 0 atom stereocenters. The van der Waals surface area contributed by atoms with Gasteiger partial charge in [-0.1, -0.05) is 36.4 Å². The Morgan fingerprint density at radius 3 is 2.46 bits per heavy atom. The minimum Gasteiger partial charge on any atom is -0.493 e. The summed E-state index contributed by atoms with van der Waals surface area (Å²) in [6, 6.07) is 16.1. The normalized spacial score (nSPS) is 11.2. The van der Waals surface area contributed by atoms with Gasteiger partial charge in [-0.25, -0.2) is 4.99 Å². The first-order valence-corrected chi connectivity index (χ1v) is 8.01. The molecule has 0 heterocycles. The Morgan fingerprint density at radius 2 is 1.75 bits per heavy atom. The summed E-state index contributed by atoms with van der Waals surface area (Å²) in [5, 5.41) is 3.15. The summed E-state index contributed by atoms with van der Waals surface area (Å²) in [5.41, 5.74) is 8.26. The number of benzene rings is 2. The lowest BCUT2D eigenvalue weighted by atomic mass is 10.1. The van der Waals surface area contributed by atoms with Gasteiger partial charge < -0.3 is 20.5 Å². The molecule has 5 heteroatoms. The van der Waals surface area contributed by atoms with Gasteiger partial charge in [0.25, 0.3) is 0 Å². The van der Waals surface area contributed by atoms with E-state index in [2.05, 4.69) is 34.6 Å². The fourth-order valence-corrected chi connectivity index (χ4v) is 2.36. The maximum absolute atomic E-state index is 5.91. The number of nitrogens with zero attached hydrogens (tertiary/aromatic N) is 1. The molecule has 0 unspecified atom stereocenters. The van der Waals surface area contributed by atoms with E-state index in [0.29, 0.717) is 24.0 Å². The molecule has 2 aromatic rings. The van der Waals surface area contributed by atoms with Crippen LogP contribution in [-0.4, -0.2) is 26.7 Å². The number of rotatable bonds is 8. The predicted octanol–water partition coefficient (Wildman–Crippen LogP) is 2.74. The Bertz CT molecular complexity index is 657. The van der Waals surface area contributed by atoms with E-state index < -0.39 is 0 Å². The van der Waals surface area contributed by atoms with Crippen LogP contribution in [0.1, 0.15) is 17.5 Å². The fourth-order valence-electron chi connectivity index (χ4n) is 2.36. The third-order valence-electron chi connectivity index (χ3n) is 3.67. The number of methoxy groups -OCH3 is 2. The average molecular weight is 327 g/mol. The van der Waals surface area contributed by atoms with Crippen LogP contribution in [-0.2, 0) is 13.0 Å². The van der Waals surface area contributed by atoms with Crippen molar-refractivity contribution in [1.29, 1.82) is 0 Å². The molecule has 0 fully saturated rings. The molecule has 0 spiro atoms. The molecule has 3 N–H and O–H groups in total. The van der Waals surface area contributed by atoms with E-state index in [9.17, 15) is 0 Å². The molecule has 0 aliphatic rings. The summed E-state index contributed by atoms with van der Waals surface area (Å²) in [7, 11) is 3.24. The number of ether oxygens (including phenoxy) is 2. The van der Waals surface area contributed by atoms with E-state index in [1.54, 1.807) is 14.2 Å². The molecule has 128 valence electrons. The monoisotopic (exact) mass is 327 g/mol. The molecule has 5 nitrogen and oxygen atoms in total. The Balaban J connectivity index is 1.77. The van der Waals surface area contributed by atoms with Crippen LogP contribution in [0.15, 0.2) is 53.5 Å². The van der Waals surface area contributed by atoms with Gasteiger partial charge in [0, 0.05) is 6.54 Å². The molecule has 0 aliphatic heterocycles. The van der Waals surface area contributed by atoms with Gasteiger partial charge in [-0.2, -0.15) is 0 Å². The molecule has 0 aromatic heterocycles. The highest BCUT2D eigenvalue weighted by atomic mass is 16.5. The zero-order valence-electron chi connectivity index (χ0n) is 14.3. The number of nitrogens with two attached hydrogens (primary N) is 1. The van der Waals surface area contributed by atoms with Crippen LogP contribution >= 0.6 is 0 Å². The molecule has 2 aromatic carbocycles. The topological polar surface area (TPSA) is 68.9 Å². The molecule has 2 rings (SSSR count). The van der Waals surface area contributed by atoms with Gasteiger partial charge in [0.1, 0.15) is 0 Å². The second-order valence-electron chi connectivity index (χ2n) is 5.41. The highest BCUT2D eigenvalue weighted by molar-refractivity contribution is 5.77. The zero-order chi connectivity index (χ0) is 17.2. The van der Waals surface area contributed by atoms with Gasteiger partial charge in [0.05, 0.1) is 20.8 Å². The molecule has 0 bridgehead atoms. The highest BCUT2D eigenvalue weighted by Gasteiger charge is 2.04. The second kappa shape index (κ2) is 9.45. The van der Waals surface area contributed by atoms with E-state index in [1.807, 2.05) is 24.3 Å². The number of hydrogen-bond acceptors (Lipinski definition) is 3. The van der Waals surface area contributed by atoms with Crippen molar-refractivity contribution in [3.8, 4) is 11.5 Å². The van der Waals surface area contributed by atoms with Gasteiger partial charge in [0.2, 0.25) is 0 Å². The van der Waals surface area contributed by atoms with Crippen LogP contribution in [0.4, 0.5) is 0 Å². The van der Waals surface area contributed by atoms with Crippen molar-refractivity contribution in [1.82, 2.24) is 5.32 Å². The summed E-state index contributed by atoms with van der Waals surface area (Å²) in [5.74, 6) is 1.86. The lowest BCUT2D eigenvalue weighted by Gasteiger charge is -2.09. The Labute approximate surface area is 143 Å². The molecular formula is C19H25N3O2. The molecule has 0 saturated heterocycles. The standard InChI is InChI=1S/C19H25N3O2/c1-23-17-11-10-16(13-18(17)24-2)14-22-19(20)21-12-6-9-15-7-4-3-5-8-15/h3-5,7-8,10-11,13H,6,9,12,14H2,1-2H3,(H3,20,21,22). The third-order valence-corrected chi connectivity index (χ3v) is 3.67. The van der Waals surface area contributed by atoms with Gasteiger partial charge >= 0.3 is 0 Å². The predicted molar refractivity (Wildman–Crippen MR) is 97.6 cm³/mol. The summed E-state index contributed by atoms with van der Waals surface area (Å²) < 4.78 is 10.5. The van der Waals surface area contributed by atoms with Crippen molar-refractivity contribution >= 4 is 5.96 Å². The summed E-state index contributed by atoms with van der Waals surface area (Å²) in [4.78, 5) is 4.36. The minimum absolute atomic E-state index is 0.456. The van der Waals surface area contributed by atoms with E-state index in [-0.39, 0.29) is 0 Å². The summed E-state index contributed by atoms with van der Waals surface area (Å²) >= 11 is 0. The fraction of sp³-hybridized carbons (Fsp3) is 0.316. The zero-order valence-corrected chi connectivity index (χ0v) is 14.3. The Hall–Kier alpha value is -2.69. The average Bonchev–Trinajstić information content (AvgIpc) is 2.64. The quantitative estimate of drug-likeness (QED) is 0.444. The van der Waals surface area contributed by atoms with Gasteiger partial charge in [0.15, 0.2) is 17.5 Å². The minimum atomic E-state index is 0.456. The van der Waals surface area contributed by atoms with Gasteiger partial charge in [-0.15, -0.1) is 0 Å². The van der Waals surface area contributed by atoms with Crippen molar-refractivity contribution in [2.75, 3.05) is 20.8 Å². The van der Waals surface area contributed by atoms with Gasteiger partial charge in [-0.05, 0) is 36.1 Å². The first-order chi connectivity index (χ1) is 11.7. The van der Waals surface area contributed by atoms with Crippen molar-refractivity contribution in [2.45, 2.75) is 19.4 Å². The summed E-state index contributed by atoms with van der Waals surface area (Å²) in [6.07, 6.45) is 2.04. The van der Waals surface area contributed by atoms with Crippen LogP contribution in [0.2, 0.25) is 0 Å². The number of aliphatic imine (C=N–C) groups is 1. The Kier molecular flexibility index (Phi) is 6.95. The smallest absolute Gasteiger partial charge is 0.188 e. The highest BCUT2D eigenvalue weighted by Crippen LogP contribution is 2.27. The Morgan fingerprint density at radius 1 is 1.00 bits per heavy atom. The first-order valence-electron chi connectivity index (χ1n) is 8.01. The lowest BCUT2D eigenvalue weighted by Crippen LogP contribution is -2.32. The number of nitrogens with one attached hydrogen (secondary N) is 1. The molecular weight excluding hydrogens is 302 g/mol. The number of hydrogen-bond donors (Lipinski definition) is 2.